The molecular weight excluding hydrogens is 315 g/mol. The Kier molecular flexibility index (Phi) is 4.34. The second-order valence-electron chi connectivity index (χ2n) is 5.29. The van der Waals surface area contributed by atoms with Gasteiger partial charge >= 0.3 is 0 Å². The van der Waals surface area contributed by atoms with Crippen molar-refractivity contribution in [2.45, 2.75) is 13.0 Å². The zero-order chi connectivity index (χ0) is 17.1. The van der Waals surface area contributed by atoms with Crippen molar-refractivity contribution in [1.29, 1.82) is 5.26 Å². The highest BCUT2D eigenvalue weighted by atomic mass is 19.2. The minimum absolute atomic E-state index is 0.0344. The Balaban J connectivity index is 1.86. The number of halogens is 3. The molecule has 0 aliphatic rings. The third-order valence-corrected chi connectivity index (χ3v) is 3.67. The van der Waals surface area contributed by atoms with E-state index in [1.165, 1.54) is 6.07 Å². The van der Waals surface area contributed by atoms with Gasteiger partial charge in [-0.15, -0.1) is 0 Å². The van der Waals surface area contributed by atoms with Crippen LogP contribution in [0.15, 0.2) is 48.8 Å². The first kappa shape index (κ1) is 15.8. The average molecular weight is 327 g/mol. The topological polar surface area (TPSA) is 41.6 Å². The van der Waals surface area contributed by atoms with Gasteiger partial charge in [0.1, 0.15) is 5.82 Å². The second kappa shape index (κ2) is 6.59. The number of imidazole rings is 1. The summed E-state index contributed by atoms with van der Waals surface area (Å²) in [5.41, 5.74) is 1.46. The minimum Gasteiger partial charge on any atom is -0.330 e. The van der Waals surface area contributed by atoms with E-state index in [9.17, 15) is 13.2 Å². The molecule has 0 unspecified atom stereocenters. The van der Waals surface area contributed by atoms with Gasteiger partial charge in [-0.3, -0.25) is 0 Å². The summed E-state index contributed by atoms with van der Waals surface area (Å²) in [7, 11) is 0. The molecule has 24 heavy (non-hydrogen) atoms. The maximum atomic E-state index is 13.8. The van der Waals surface area contributed by atoms with Crippen LogP contribution in [0.1, 0.15) is 22.5 Å². The van der Waals surface area contributed by atoms with Gasteiger partial charge in [0, 0.05) is 25.4 Å². The van der Waals surface area contributed by atoms with Crippen molar-refractivity contribution in [3.63, 3.8) is 0 Å². The zero-order valence-corrected chi connectivity index (χ0v) is 12.5. The number of aromatic nitrogens is 2. The fourth-order valence-corrected chi connectivity index (χ4v) is 2.46. The lowest BCUT2D eigenvalue weighted by atomic mass is 10.1. The summed E-state index contributed by atoms with van der Waals surface area (Å²) in [6.45, 7) is 0.441. The van der Waals surface area contributed by atoms with Gasteiger partial charge in [0.05, 0.1) is 11.6 Å². The standard InChI is InChI=1S/C18H12F3N3/c19-15-5-4-14(17(20)18(15)21)9-16-23-6-7-24(16)11-13-3-1-2-12(8-13)10-22/h1-8H,9,11H2. The molecule has 0 saturated carbocycles. The summed E-state index contributed by atoms with van der Waals surface area (Å²) in [5, 5.41) is 8.94. The molecule has 120 valence electrons. The maximum absolute atomic E-state index is 13.8. The molecule has 0 amide bonds. The van der Waals surface area contributed by atoms with E-state index in [1.807, 2.05) is 6.07 Å². The Hall–Kier alpha value is -3.07. The molecule has 3 rings (SSSR count). The van der Waals surface area contributed by atoms with E-state index < -0.39 is 17.5 Å². The van der Waals surface area contributed by atoms with E-state index in [4.69, 9.17) is 5.26 Å². The minimum atomic E-state index is -1.48. The van der Waals surface area contributed by atoms with E-state index >= 15 is 0 Å². The molecule has 0 aliphatic heterocycles. The molecule has 0 saturated heterocycles. The lowest BCUT2D eigenvalue weighted by molar-refractivity contribution is 0.441. The molecule has 1 aromatic heterocycles. The number of nitriles is 1. The van der Waals surface area contributed by atoms with Crippen LogP contribution in [-0.2, 0) is 13.0 Å². The number of benzene rings is 2. The van der Waals surface area contributed by atoms with Crippen LogP contribution in [0.4, 0.5) is 13.2 Å². The summed E-state index contributed by atoms with van der Waals surface area (Å²) < 4.78 is 42.0. The van der Waals surface area contributed by atoms with Crippen molar-refractivity contribution >= 4 is 0 Å². The molecule has 0 N–H and O–H groups in total. The maximum Gasteiger partial charge on any atom is 0.194 e. The van der Waals surface area contributed by atoms with Gasteiger partial charge in [-0.2, -0.15) is 5.26 Å². The van der Waals surface area contributed by atoms with E-state index in [1.54, 1.807) is 35.2 Å². The van der Waals surface area contributed by atoms with Gasteiger partial charge in [-0.1, -0.05) is 18.2 Å². The summed E-state index contributed by atoms with van der Waals surface area (Å²) in [6.07, 6.45) is 3.31. The van der Waals surface area contributed by atoms with Crippen LogP contribution in [-0.4, -0.2) is 9.55 Å². The molecule has 2 aromatic carbocycles. The van der Waals surface area contributed by atoms with Crippen molar-refractivity contribution in [3.8, 4) is 6.07 Å². The normalized spacial score (nSPS) is 10.6. The molecule has 1 heterocycles. The molecule has 0 bridgehead atoms. The highest BCUT2D eigenvalue weighted by molar-refractivity contribution is 5.33. The van der Waals surface area contributed by atoms with Crippen LogP contribution in [0.5, 0.6) is 0 Å². The Morgan fingerprint density at radius 1 is 1.08 bits per heavy atom. The second-order valence-corrected chi connectivity index (χ2v) is 5.29. The predicted octanol–water partition coefficient (Wildman–Crippen LogP) is 3.81. The molecule has 3 aromatic rings. The van der Waals surface area contributed by atoms with Crippen LogP contribution in [0, 0.1) is 28.8 Å². The van der Waals surface area contributed by atoms with Gasteiger partial charge < -0.3 is 4.57 Å². The van der Waals surface area contributed by atoms with Crippen LogP contribution in [0.3, 0.4) is 0 Å². The molecule has 0 atom stereocenters. The zero-order valence-electron chi connectivity index (χ0n) is 12.5. The van der Waals surface area contributed by atoms with Gasteiger partial charge in [0.2, 0.25) is 0 Å². The fraction of sp³-hybridized carbons (Fsp3) is 0.111. The Labute approximate surface area is 136 Å². The Bertz CT molecular complexity index is 925. The van der Waals surface area contributed by atoms with E-state index in [0.29, 0.717) is 17.9 Å². The summed E-state index contributed by atoms with van der Waals surface area (Å²) in [5.74, 6) is -3.38. The van der Waals surface area contributed by atoms with Crippen LogP contribution >= 0.6 is 0 Å². The van der Waals surface area contributed by atoms with E-state index in [2.05, 4.69) is 11.1 Å². The first-order valence-electron chi connectivity index (χ1n) is 7.20. The van der Waals surface area contributed by atoms with Gasteiger partial charge in [-0.25, -0.2) is 18.2 Å². The van der Waals surface area contributed by atoms with Crippen molar-refractivity contribution in [1.82, 2.24) is 9.55 Å². The summed E-state index contributed by atoms with van der Waals surface area (Å²) in [6, 6.07) is 11.3. The highest BCUT2D eigenvalue weighted by Crippen LogP contribution is 2.18. The van der Waals surface area contributed by atoms with Crippen molar-refractivity contribution in [3.05, 3.63) is 88.8 Å². The van der Waals surface area contributed by atoms with Crippen molar-refractivity contribution in [2.24, 2.45) is 0 Å². The van der Waals surface area contributed by atoms with Crippen LogP contribution < -0.4 is 0 Å². The third kappa shape index (κ3) is 3.15. The number of nitrogens with zero attached hydrogens (tertiary/aromatic N) is 3. The molecule has 0 radical (unpaired) electrons. The van der Waals surface area contributed by atoms with Gasteiger partial charge in [0.15, 0.2) is 17.5 Å². The van der Waals surface area contributed by atoms with Crippen LogP contribution in [0.2, 0.25) is 0 Å². The summed E-state index contributed by atoms with van der Waals surface area (Å²) >= 11 is 0. The fourth-order valence-electron chi connectivity index (χ4n) is 2.46. The molecule has 0 aliphatic carbocycles. The highest BCUT2D eigenvalue weighted by Gasteiger charge is 2.15. The first-order chi connectivity index (χ1) is 11.6. The molecule has 0 spiro atoms. The molecular formula is C18H12F3N3. The number of rotatable bonds is 4. The van der Waals surface area contributed by atoms with Gasteiger partial charge in [-0.05, 0) is 29.3 Å². The van der Waals surface area contributed by atoms with E-state index in [0.717, 1.165) is 11.6 Å². The monoisotopic (exact) mass is 327 g/mol. The summed E-state index contributed by atoms with van der Waals surface area (Å²) in [4.78, 5) is 4.16. The lowest BCUT2D eigenvalue weighted by Gasteiger charge is -2.09. The lowest BCUT2D eigenvalue weighted by Crippen LogP contribution is -2.07. The Morgan fingerprint density at radius 3 is 2.71 bits per heavy atom. The number of hydrogen-bond donors (Lipinski definition) is 0. The quantitative estimate of drug-likeness (QED) is 0.684. The largest absolute Gasteiger partial charge is 0.330 e. The van der Waals surface area contributed by atoms with Gasteiger partial charge in [0.25, 0.3) is 0 Å². The average Bonchev–Trinajstić information content (AvgIpc) is 3.02. The van der Waals surface area contributed by atoms with Crippen LogP contribution in [0.25, 0.3) is 0 Å². The number of hydrogen-bond acceptors (Lipinski definition) is 2. The molecule has 6 heteroatoms. The first-order valence-corrected chi connectivity index (χ1v) is 7.20. The molecule has 0 fully saturated rings. The third-order valence-electron chi connectivity index (χ3n) is 3.67. The molecule has 3 nitrogen and oxygen atoms in total. The smallest absolute Gasteiger partial charge is 0.194 e. The SMILES string of the molecule is N#Cc1cccc(Cn2ccnc2Cc2ccc(F)c(F)c2F)c1. The van der Waals surface area contributed by atoms with E-state index in [-0.39, 0.29) is 12.0 Å². The predicted molar refractivity (Wildman–Crippen MR) is 81.6 cm³/mol. The van der Waals surface area contributed by atoms with Crippen molar-refractivity contribution in [2.75, 3.05) is 0 Å². The van der Waals surface area contributed by atoms with Crippen molar-refractivity contribution < 1.29 is 13.2 Å². The Morgan fingerprint density at radius 2 is 1.92 bits per heavy atom.